The molecule has 0 saturated heterocycles. The monoisotopic (exact) mass is 310 g/mol. The SMILES string of the molecule is O=C(Cc1csc(-c2ccco2)n1)NCC[C@H](O)C(=O)O. The van der Waals surface area contributed by atoms with Crippen LogP contribution in [-0.4, -0.2) is 39.7 Å². The number of furan rings is 1. The number of nitrogens with one attached hydrogen (secondary N) is 1. The van der Waals surface area contributed by atoms with Gasteiger partial charge in [-0.1, -0.05) is 0 Å². The molecule has 0 radical (unpaired) electrons. The number of thiazole rings is 1. The van der Waals surface area contributed by atoms with Crippen molar-refractivity contribution in [3.8, 4) is 10.8 Å². The molecule has 8 heteroatoms. The van der Waals surface area contributed by atoms with Crippen LogP contribution in [0.3, 0.4) is 0 Å². The predicted molar refractivity (Wildman–Crippen MR) is 74.8 cm³/mol. The summed E-state index contributed by atoms with van der Waals surface area (Å²) in [6.45, 7) is 0.0987. The van der Waals surface area contributed by atoms with E-state index in [0.717, 1.165) is 0 Å². The van der Waals surface area contributed by atoms with Crippen molar-refractivity contribution in [2.75, 3.05) is 6.54 Å². The fourth-order valence-corrected chi connectivity index (χ4v) is 2.39. The largest absolute Gasteiger partial charge is 0.479 e. The fraction of sp³-hybridized carbons (Fsp3) is 0.308. The Hall–Kier alpha value is -2.19. The zero-order chi connectivity index (χ0) is 15.2. The van der Waals surface area contributed by atoms with Crippen molar-refractivity contribution in [1.29, 1.82) is 0 Å². The van der Waals surface area contributed by atoms with Gasteiger partial charge in [0.1, 0.15) is 0 Å². The van der Waals surface area contributed by atoms with E-state index in [1.807, 2.05) is 0 Å². The highest BCUT2D eigenvalue weighted by atomic mass is 32.1. The molecular formula is C13H14N2O5S. The van der Waals surface area contributed by atoms with Crippen LogP contribution >= 0.6 is 11.3 Å². The highest BCUT2D eigenvalue weighted by Gasteiger charge is 2.14. The first kappa shape index (κ1) is 15.2. The van der Waals surface area contributed by atoms with Crippen molar-refractivity contribution < 1.29 is 24.2 Å². The molecule has 0 aromatic carbocycles. The minimum Gasteiger partial charge on any atom is -0.479 e. The standard InChI is InChI=1S/C13H14N2O5S/c16-9(13(18)19)3-4-14-11(17)6-8-7-21-12(15-8)10-2-1-5-20-10/h1-2,5,7,9,16H,3-4,6H2,(H,14,17)(H,18,19)/t9-/m0/s1. The number of aliphatic hydroxyl groups is 1. The Kier molecular flexibility index (Phi) is 5.07. The van der Waals surface area contributed by atoms with Crippen LogP contribution in [0.4, 0.5) is 0 Å². The lowest BCUT2D eigenvalue weighted by molar-refractivity contribution is -0.147. The number of carbonyl (C=O) groups excluding carboxylic acids is 1. The van der Waals surface area contributed by atoms with Crippen molar-refractivity contribution in [2.45, 2.75) is 18.9 Å². The van der Waals surface area contributed by atoms with E-state index in [2.05, 4.69) is 10.3 Å². The first-order valence-corrected chi connectivity index (χ1v) is 7.10. The quantitative estimate of drug-likeness (QED) is 0.700. The van der Waals surface area contributed by atoms with Gasteiger partial charge in [-0.3, -0.25) is 4.79 Å². The molecule has 0 unspecified atom stereocenters. The molecule has 0 aliphatic rings. The van der Waals surface area contributed by atoms with Gasteiger partial charge in [-0.2, -0.15) is 0 Å². The summed E-state index contributed by atoms with van der Waals surface area (Å²) in [4.78, 5) is 26.3. The molecule has 112 valence electrons. The topological polar surface area (TPSA) is 113 Å². The lowest BCUT2D eigenvalue weighted by Crippen LogP contribution is -2.31. The van der Waals surface area contributed by atoms with Crippen molar-refractivity contribution in [2.24, 2.45) is 0 Å². The number of nitrogens with zero attached hydrogens (tertiary/aromatic N) is 1. The summed E-state index contributed by atoms with van der Waals surface area (Å²) in [7, 11) is 0. The average molecular weight is 310 g/mol. The maximum Gasteiger partial charge on any atom is 0.332 e. The van der Waals surface area contributed by atoms with Crippen LogP contribution in [0, 0.1) is 0 Å². The van der Waals surface area contributed by atoms with Gasteiger partial charge in [-0.25, -0.2) is 9.78 Å². The molecule has 21 heavy (non-hydrogen) atoms. The van der Waals surface area contributed by atoms with Gasteiger partial charge in [-0.15, -0.1) is 11.3 Å². The summed E-state index contributed by atoms with van der Waals surface area (Å²) in [6.07, 6.45) is 0.155. The van der Waals surface area contributed by atoms with Gasteiger partial charge < -0.3 is 19.9 Å². The van der Waals surface area contributed by atoms with Gasteiger partial charge in [0.2, 0.25) is 5.91 Å². The third-order valence-electron chi connectivity index (χ3n) is 2.65. The van der Waals surface area contributed by atoms with Crippen molar-refractivity contribution in [3.63, 3.8) is 0 Å². The molecule has 3 N–H and O–H groups in total. The maximum absolute atomic E-state index is 11.7. The van der Waals surface area contributed by atoms with E-state index in [9.17, 15) is 9.59 Å². The molecule has 1 amide bonds. The zero-order valence-corrected chi connectivity index (χ0v) is 11.8. The van der Waals surface area contributed by atoms with Crippen molar-refractivity contribution >= 4 is 23.2 Å². The third-order valence-corrected chi connectivity index (χ3v) is 3.56. The minimum absolute atomic E-state index is 0.0320. The number of carboxylic acid groups (broad SMARTS) is 1. The Balaban J connectivity index is 1.79. The normalized spacial score (nSPS) is 12.0. The first-order chi connectivity index (χ1) is 10.1. The lowest BCUT2D eigenvalue weighted by atomic mass is 10.2. The van der Waals surface area contributed by atoms with Gasteiger partial charge >= 0.3 is 5.97 Å². The first-order valence-electron chi connectivity index (χ1n) is 6.22. The van der Waals surface area contributed by atoms with Gasteiger partial charge in [-0.05, 0) is 12.1 Å². The highest BCUT2D eigenvalue weighted by Crippen LogP contribution is 2.23. The molecule has 0 aliphatic heterocycles. The van der Waals surface area contributed by atoms with Gasteiger partial charge in [0.15, 0.2) is 16.9 Å². The Labute approximate surface area is 124 Å². The van der Waals surface area contributed by atoms with Crippen LogP contribution in [0.5, 0.6) is 0 Å². The second-order valence-electron chi connectivity index (χ2n) is 4.29. The molecule has 2 aromatic rings. The lowest BCUT2D eigenvalue weighted by Gasteiger charge is -2.06. The second kappa shape index (κ2) is 7.00. The third kappa shape index (κ3) is 4.40. The molecule has 7 nitrogen and oxygen atoms in total. The fourth-order valence-electron chi connectivity index (χ4n) is 1.60. The molecule has 1 atom stereocenters. The molecule has 0 fully saturated rings. The Morgan fingerprint density at radius 3 is 2.95 bits per heavy atom. The summed E-state index contributed by atoms with van der Waals surface area (Å²) < 4.78 is 5.22. The summed E-state index contributed by atoms with van der Waals surface area (Å²) in [5, 5.41) is 22.6. The number of aliphatic carboxylic acids is 1. The molecule has 2 aromatic heterocycles. The number of hydrogen-bond acceptors (Lipinski definition) is 6. The maximum atomic E-state index is 11.7. The highest BCUT2D eigenvalue weighted by molar-refractivity contribution is 7.13. The smallest absolute Gasteiger partial charge is 0.332 e. The Morgan fingerprint density at radius 1 is 1.48 bits per heavy atom. The number of hydrogen-bond donors (Lipinski definition) is 3. The summed E-state index contributed by atoms with van der Waals surface area (Å²) >= 11 is 1.38. The van der Waals surface area contributed by atoms with E-state index in [0.29, 0.717) is 16.5 Å². The Bertz CT molecular complexity index is 608. The van der Waals surface area contributed by atoms with E-state index < -0.39 is 12.1 Å². The van der Waals surface area contributed by atoms with Gasteiger partial charge in [0.25, 0.3) is 0 Å². The van der Waals surface area contributed by atoms with Gasteiger partial charge in [0, 0.05) is 18.3 Å². The van der Waals surface area contributed by atoms with E-state index in [-0.39, 0.29) is 25.3 Å². The molecule has 0 aliphatic carbocycles. The Morgan fingerprint density at radius 2 is 2.29 bits per heavy atom. The number of amides is 1. The predicted octanol–water partition coefficient (Wildman–Crippen LogP) is 0.897. The molecule has 0 saturated carbocycles. The van der Waals surface area contributed by atoms with Crippen LogP contribution in [-0.2, 0) is 16.0 Å². The van der Waals surface area contributed by atoms with E-state index in [1.54, 1.807) is 23.8 Å². The van der Waals surface area contributed by atoms with E-state index >= 15 is 0 Å². The van der Waals surface area contributed by atoms with E-state index in [4.69, 9.17) is 14.6 Å². The van der Waals surface area contributed by atoms with Crippen molar-refractivity contribution in [3.05, 3.63) is 29.5 Å². The summed E-state index contributed by atoms with van der Waals surface area (Å²) in [6, 6.07) is 3.55. The zero-order valence-electron chi connectivity index (χ0n) is 11.0. The molecule has 0 spiro atoms. The van der Waals surface area contributed by atoms with Crippen LogP contribution < -0.4 is 5.32 Å². The number of aromatic nitrogens is 1. The van der Waals surface area contributed by atoms with Crippen LogP contribution in [0.2, 0.25) is 0 Å². The van der Waals surface area contributed by atoms with Crippen LogP contribution in [0.25, 0.3) is 10.8 Å². The second-order valence-corrected chi connectivity index (χ2v) is 5.15. The van der Waals surface area contributed by atoms with Crippen LogP contribution in [0.15, 0.2) is 28.2 Å². The molecule has 2 heterocycles. The number of carbonyl (C=O) groups is 2. The van der Waals surface area contributed by atoms with Crippen LogP contribution in [0.1, 0.15) is 12.1 Å². The van der Waals surface area contributed by atoms with Gasteiger partial charge in [0.05, 0.1) is 18.4 Å². The van der Waals surface area contributed by atoms with Crippen molar-refractivity contribution in [1.82, 2.24) is 10.3 Å². The summed E-state index contributed by atoms with van der Waals surface area (Å²) in [5.41, 5.74) is 0.614. The number of rotatable bonds is 7. The molecule has 2 rings (SSSR count). The molecular weight excluding hydrogens is 296 g/mol. The average Bonchev–Trinajstić information content (AvgIpc) is 3.08. The van der Waals surface area contributed by atoms with E-state index in [1.165, 1.54) is 11.3 Å². The number of carboxylic acids is 1. The summed E-state index contributed by atoms with van der Waals surface area (Å²) in [5.74, 6) is -0.924. The minimum atomic E-state index is -1.46. The molecule has 0 bridgehead atoms. The number of aliphatic hydroxyl groups excluding tert-OH is 1.